The summed E-state index contributed by atoms with van der Waals surface area (Å²) in [5.41, 5.74) is 5.89. The molecule has 1 aromatic carbocycles. The van der Waals surface area contributed by atoms with E-state index >= 15 is 0 Å². The van der Waals surface area contributed by atoms with Gasteiger partial charge in [0.2, 0.25) is 0 Å². The smallest absolute Gasteiger partial charge is 0.130 e. The largest absolute Gasteiger partial charge is 0.489 e. The molecule has 0 spiro atoms. The molecule has 3 nitrogen and oxygen atoms in total. The summed E-state index contributed by atoms with van der Waals surface area (Å²) in [5, 5.41) is 7.60. The number of nitrogens with two attached hydrogens (primary N) is 1. The summed E-state index contributed by atoms with van der Waals surface area (Å²) < 4.78 is 19.5. The number of amidine groups is 1. The van der Waals surface area contributed by atoms with Crippen LogP contribution in [0.15, 0.2) is 18.2 Å². The highest BCUT2D eigenvalue weighted by molar-refractivity contribution is 5.97. The van der Waals surface area contributed by atoms with E-state index in [1.165, 1.54) is 18.6 Å². The van der Waals surface area contributed by atoms with Gasteiger partial charge >= 0.3 is 0 Å². The first-order valence-electron chi connectivity index (χ1n) is 7.69. The highest BCUT2D eigenvalue weighted by Crippen LogP contribution is 2.36. The molecule has 21 heavy (non-hydrogen) atoms. The van der Waals surface area contributed by atoms with Gasteiger partial charge in [-0.15, -0.1) is 0 Å². The third-order valence-corrected chi connectivity index (χ3v) is 4.47. The van der Waals surface area contributed by atoms with Gasteiger partial charge in [-0.2, -0.15) is 0 Å². The summed E-state index contributed by atoms with van der Waals surface area (Å²) in [5.74, 6) is 1.63. The molecule has 2 rings (SSSR count). The molecule has 3 N–H and O–H groups in total. The minimum Gasteiger partial charge on any atom is -0.489 e. The summed E-state index contributed by atoms with van der Waals surface area (Å²) >= 11 is 0. The molecule has 3 atom stereocenters. The third-order valence-electron chi connectivity index (χ3n) is 4.47. The van der Waals surface area contributed by atoms with Crippen molar-refractivity contribution in [3.8, 4) is 5.75 Å². The van der Waals surface area contributed by atoms with Crippen molar-refractivity contribution in [3.05, 3.63) is 29.6 Å². The zero-order chi connectivity index (χ0) is 15.6. The Bertz CT molecular complexity index is 516. The normalized spacial score (nSPS) is 25.9. The molecule has 0 saturated heterocycles. The number of hydrogen-bond acceptors (Lipinski definition) is 2. The van der Waals surface area contributed by atoms with Crippen LogP contribution in [0.3, 0.4) is 0 Å². The van der Waals surface area contributed by atoms with Gasteiger partial charge in [0.1, 0.15) is 23.5 Å². The van der Waals surface area contributed by atoms with E-state index in [-0.39, 0.29) is 11.9 Å². The van der Waals surface area contributed by atoms with Crippen molar-refractivity contribution in [2.45, 2.75) is 46.1 Å². The number of benzene rings is 1. The maximum absolute atomic E-state index is 13.3. The number of nitrogen functional groups attached to an aromatic ring is 1. The van der Waals surface area contributed by atoms with Gasteiger partial charge in [-0.05, 0) is 48.8 Å². The Morgan fingerprint density at radius 3 is 2.71 bits per heavy atom. The van der Waals surface area contributed by atoms with Gasteiger partial charge in [-0.25, -0.2) is 4.39 Å². The summed E-state index contributed by atoms with van der Waals surface area (Å²) in [6, 6.07) is 4.22. The second-order valence-electron chi connectivity index (χ2n) is 6.54. The molecule has 0 aliphatic heterocycles. The third kappa shape index (κ3) is 3.74. The molecular formula is C17H25FN2O. The highest BCUT2D eigenvalue weighted by Gasteiger charge is 2.32. The molecule has 0 bridgehead atoms. The molecule has 116 valence electrons. The van der Waals surface area contributed by atoms with Crippen molar-refractivity contribution >= 4 is 5.84 Å². The van der Waals surface area contributed by atoms with Gasteiger partial charge in [-0.3, -0.25) is 5.41 Å². The van der Waals surface area contributed by atoms with E-state index < -0.39 is 5.82 Å². The first-order valence-corrected chi connectivity index (χ1v) is 7.69. The fourth-order valence-electron chi connectivity index (χ4n) is 3.23. The second-order valence-corrected chi connectivity index (χ2v) is 6.54. The Morgan fingerprint density at radius 1 is 1.38 bits per heavy atom. The lowest BCUT2D eigenvalue weighted by Gasteiger charge is -2.37. The van der Waals surface area contributed by atoms with Gasteiger partial charge in [-0.1, -0.05) is 27.2 Å². The quantitative estimate of drug-likeness (QED) is 0.652. The minimum absolute atomic E-state index is 0.109. The molecule has 0 aromatic heterocycles. The van der Waals surface area contributed by atoms with E-state index in [4.69, 9.17) is 15.9 Å². The monoisotopic (exact) mass is 292 g/mol. The molecule has 4 heteroatoms. The molecular weight excluding hydrogens is 267 g/mol. The lowest BCUT2D eigenvalue weighted by atomic mass is 9.75. The predicted octanol–water partition coefficient (Wildman–Crippen LogP) is 3.95. The number of halogens is 1. The number of nitrogens with one attached hydrogen (secondary N) is 1. The van der Waals surface area contributed by atoms with E-state index in [0.29, 0.717) is 29.1 Å². The van der Waals surface area contributed by atoms with Crippen molar-refractivity contribution in [2.24, 2.45) is 23.5 Å². The molecule has 1 fully saturated rings. The lowest BCUT2D eigenvalue weighted by Crippen LogP contribution is -2.36. The highest BCUT2D eigenvalue weighted by atomic mass is 19.1. The minimum atomic E-state index is -0.398. The van der Waals surface area contributed by atoms with Crippen LogP contribution in [0.5, 0.6) is 5.75 Å². The van der Waals surface area contributed by atoms with Crippen molar-refractivity contribution in [2.75, 3.05) is 0 Å². The van der Waals surface area contributed by atoms with Crippen LogP contribution in [-0.2, 0) is 0 Å². The number of hydrogen-bond donors (Lipinski definition) is 2. The van der Waals surface area contributed by atoms with Gasteiger partial charge in [0, 0.05) is 0 Å². The van der Waals surface area contributed by atoms with Gasteiger partial charge in [0.15, 0.2) is 0 Å². The molecule has 0 amide bonds. The van der Waals surface area contributed by atoms with E-state index in [0.717, 1.165) is 12.8 Å². The Hall–Kier alpha value is -1.58. The molecule has 1 aliphatic rings. The van der Waals surface area contributed by atoms with Gasteiger partial charge in [0.05, 0.1) is 5.56 Å². The second kappa shape index (κ2) is 6.46. The Labute approximate surface area is 126 Å². The fraction of sp³-hybridized carbons (Fsp3) is 0.588. The summed E-state index contributed by atoms with van der Waals surface area (Å²) in [4.78, 5) is 0. The average Bonchev–Trinajstić information content (AvgIpc) is 2.40. The van der Waals surface area contributed by atoms with E-state index in [9.17, 15) is 4.39 Å². The lowest BCUT2D eigenvalue weighted by molar-refractivity contribution is 0.0458. The van der Waals surface area contributed by atoms with Crippen LogP contribution in [0, 0.1) is 29.0 Å². The van der Waals surface area contributed by atoms with Crippen LogP contribution >= 0.6 is 0 Å². The Balaban J connectivity index is 2.24. The molecule has 0 radical (unpaired) electrons. The molecule has 3 unspecified atom stereocenters. The maximum Gasteiger partial charge on any atom is 0.130 e. The van der Waals surface area contributed by atoms with Gasteiger partial charge < -0.3 is 10.5 Å². The fourth-order valence-corrected chi connectivity index (χ4v) is 3.23. The summed E-state index contributed by atoms with van der Waals surface area (Å²) in [7, 11) is 0. The van der Waals surface area contributed by atoms with E-state index in [2.05, 4.69) is 20.8 Å². The topological polar surface area (TPSA) is 59.1 Å². The Morgan fingerprint density at radius 2 is 2.10 bits per heavy atom. The van der Waals surface area contributed by atoms with E-state index in [1.54, 1.807) is 6.07 Å². The van der Waals surface area contributed by atoms with Crippen LogP contribution in [-0.4, -0.2) is 11.9 Å². The maximum atomic E-state index is 13.3. The van der Waals surface area contributed by atoms with Crippen LogP contribution in [0.2, 0.25) is 0 Å². The average molecular weight is 292 g/mol. The standard InChI is InChI=1S/C17H25FN2O/c1-10(2)13-6-4-11(3)8-16(13)21-15-7-5-12(18)9-14(15)17(19)20/h5,7,9-11,13,16H,4,6,8H2,1-3H3,(H3,19,20). The number of rotatable bonds is 4. The van der Waals surface area contributed by atoms with Crippen molar-refractivity contribution in [1.82, 2.24) is 0 Å². The van der Waals surface area contributed by atoms with Crippen LogP contribution in [0.4, 0.5) is 4.39 Å². The summed E-state index contributed by atoms with van der Waals surface area (Å²) in [6.45, 7) is 6.67. The molecule has 1 saturated carbocycles. The number of ether oxygens (including phenoxy) is 1. The van der Waals surface area contributed by atoms with Crippen molar-refractivity contribution in [3.63, 3.8) is 0 Å². The van der Waals surface area contributed by atoms with Crippen molar-refractivity contribution < 1.29 is 9.13 Å². The van der Waals surface area contributed by atoms with Gasteiger partial charge in [0.25, 0.3) is 0 Å². The van der Waals surface area contributed by atoms with Crippen LogP contribution in [0.1, 0.15) is 45.6 Å². The van der Waals surface area contributed by atoms with Crippen LogP contribution < -0.4 is 10.5 Å². The molecule has 1 aromatic rings. The predicted molar refractivity (Wildman–Crippen MR) is 83.2 cm³/mol. The first kappa shape index (κ1) is 15.8. The SMILES string of the molecule is CC1CCC(C(C)C)C(Oc2ccc(F)cc2C(=N)N)C1. The first-order chi connectivity index (χ1) is 9.88. The zero-order valence-corrected chi connectivity index (χ0v) is 13.0. The molecule has 1 aliphatic carbocycles. The van der Waals surface area contributed by atoms with E-state index in [1.807, 2.05) is 0 Å². The Kier molecular flexibility index (Phi) is 4.86. The molecule has 0 heterocycles. The summed E-state index contributed by atoms with van der Waals surface area (Å²) in [6.07, 6.45) is 3.49. The zero-order valence-electron chi connectivity index (χ0n) is 13.0. The van der Waals surface area contributed by atoms with Crippen LogP contribution in [0.25, 0.3) is 0 Å². The van der Waals surface area contributed by atoms with Crippen molar-refractivity contribution in [1.29, 1.82) is 5.41 Å².